The number of hydrogen-bond acceptors (Lipinski definition) is 2. The molecule has 3 heteroatoms. The van der Waals surface area contributed by atoms with Gasteiger partial charge in [0.2, 0.25) is 0 Å². The van der Waals surface area contributed by atoms with Crippen LogP contribution in [0.3, 0.4) is 0 Å². The highest BCUT2D eigenvalue weighted by Gasteiger charge is 1.99. The summed E-state index contributed by atoms with van der Waals surface area (Å²) >= 11 is 6.14. The third kappa shape index (κ3) is 6.15. The summed E-state index contributed by atoms with van der Waals surface area (Å²) in [5, 5.41) is 4.18. The molecule has 2 aromatic rings. The van der Waals surface area contributed by atoms with E-state index in [-0.39, 0.29) is 0 Å². The number of rotatable bonds is 9. The smallest absolute Gasteiger partial charge is 0.119 e. The molecule has 0 aliphatic heterocycles. The van der Waals surface area contributed by atoms with E-state index in [1.165, 1.54) is 24.8 Å². The molecule has 1 N–H and O–H groups in total. The molecule has 0 saturated heterocycles. The molecule has 2 nitrogen and oxygen atoms in total. The molecule has 23 heavy (non-hydrogen) atoms. The molecule has 0 unspecified atom stereocenters. The Bertz CT molecular complexity index is 595. The van der Waals surface area contributed by atoms with Gasteiger partial charge in [-0.3, -0.25) is 0 Å². The monoisotopic (exact) mass is 331 g/mol. The third-order valence-electron chi connectivity index (χ3n) is 3.86. The van der Waals surface area contributed by atoms with Crippen molar-refractivity contribution in [2.75, 3.05) is 11.9 Å². The Kier molecular flexibility index (Phi) is 7.28. The predicted molar refractivity (Wildman–Crippen MR) is 99.6 cm³/mol. The lowest BCUT2D eigenvalue weighted by Gasteiger charge is -2.10. The minimum absolute atomic E-state index is 0.774. The Hall–Kier alpha value is -1.67. The number of anilines is 1. The Morgan fingerprint density at radius 2 is 1.78 bits per heavy atom. The molecule has 0 amide bonds. The van der Waals surface area contributed by atoms with Crippen LogP contribution < -0.4 is 10.1 Å². The van der Waals surface area contributed by atoms with Crippen LogP contribution in [0.1, 0.15) is 43.7 Å². The van der Waals surface area contributed by atoms with Gasteiger partial charge in [-0.05, 0) is 48.7 Å². The predicted octanol–water partition coefficient (Wildman–Crippen LogP) is 6.22. The lowest BCUT2D eigenvalue weighted by atomic mass is 10.2. The fourth-order valence-electron chi connectivity index (χ4n) is 2.33. The molecule has 0 fully saturated rings. The van der Waals surface area contributed by atoms with Gasteiger partial charge in [-0.2, -0.15) is 0 Å². The molecule has 0 radical (unpaired) electrons. The normalized spacial score (nSPS) is 10.6. The summed E-state index contributed by atoms with van der Waals surface area (Å²) in [7, 11) is 0. The van der Waals surface area contributed by atoms with Crippen LogP contribution in [0.5, 0.6) is 5.75 Å². The molecule has 0 spiro atoms. The SMILES string of the molecule is CCCCCCOc1ccc(CNc2ccc(C)c(Cl)c2)cc1. The Balaban J connectivity index is 1.77. The van der Waals surface area contributed by atoms with Crippen LogP contribution in [-0.2, 0) is 6.54 Å². The molecule has 0 bridgehead atoms. The molecule has 2 rings (SSSR count). The second-order valence-electron chi connectivity index (χ2n) is 5.87. The van der Waals surface area contributed by atoms with Crippen molar-refractivity contribution in [1.82, 2.24) is 0 Å². The first-order valence-corrected chi connectivity index (χ1v) is 8.78. The number of benzene rings is 2. The van der Waals surface area contributed by atoms with Crippen molar-refractivity contribution in [1.29, 1.82) is 0 Å². The zero-order chi connectivity index (χ0) is 16.5. The van der Waals surface area contributed by atoms with Crippen LogP contribution in [0.15, 0.2) is 42.5 Å². The van der Waals surface area contributed by atoms with Crippen LogP contribution in [0.4, 0.5) is 5.69 Å². The van der Waals surface area contributed by atoms with Gasteiger partial charge in [0.1, 0.15) is 5.75 Å². The summed E-state index contributed by atoms with van der Waals surface area (Å²) in [6.45, 7) is 5.81. The topological polar surface area (TPSA) is 21.3 Å². The van der Waals surface area contributed by atoms with E-state index >= 15 is 0 Å². The molecule has 0 aliphatic carbocycles. The second-order valence-corrected chi connectivity index (χ2v) is 6.28. The van der Waals surface area contributed by atoms with E-state index in [0.29, 0.717) is 0 Å². The highest BCUT2D eigenvalue weighted by atomic mass is 35.5. The number of ether oxygens (including phenoxy) is 1. The van der Waals surface area contributed by atoms with Gasteiger partial charge < -0.3 is 10.1 Å². The van der Waals surface area contributed by atoms with Crippen LogP contribution >= 0.6 is 11.6 Å². The van der Waals surface area contributed by atoms with Crippen molar-refractivity contribution in [2.45, 2.75) is 46.1 Å². The summed E-state index contributed by atoms with van der Waals surface area (Å²) in [5.41, 5.74) is 3.36. The maximum Gasteiger partial charge on any atom is 0.119 e. The van der Waals surface area contributed by atoms with Gasteiger partial charge >= 0.3 is 0 Å². The zero-order valence-corrected chi connectivity index (χ0v) is 14.8. The zero-order valence-electron chi connectivity index (χ0n) is 14.1. The number of nitrogens with one attached hydrogen (secondary N) is 1. The molecule has 2 aromatic carbocycles. The molecule has 0 saturated carbocycles. The molecule has 0 atom stereocenters. The number of unbranched alkanes of at least 4 members (excludes halogenated alkanes) is 3. The molecular formula is C20H26ClNO. The number of aryl methyl sites for hydroxylation is 1. The fraction of sp³-hybridized carbons (Fsp3) is 0.400. The highest BCUT2D eigenvalue weighted by molar-refractivity contribution is 6.31. The minimum Gasteiger partial charge on any atom is -0.494 e. The van der Waals surface area contributed by atoms with Gasteiger partial charge in [0.15, 0.2) is 0 Å². The Morgan fingerprint density at radius 3 is 2.48 bits per heavy atom. The van der Waals surface area contributed by atoms with Crippen LogP contribution in [0, 0.1) is 6.92 Å². The van der Waals surface area contributed by atoms with E-state index in [0.717, 1.165) is 41.6 Å². The largest absolute Gasteiger partial charge is 0.494 e. The maximum atomic E-state index is 6.14. The number of hydrogen-bond donors (Lipinski definition) is 1. The summed E-state index contributed by atoms with van der Waals surface area (Å²) in [4.78, 5) is 0. The van der Waals surface area contributed by atoms with E-state index in [1.54, 1.807) is 0 Å². The van der Waals surface area contributed by atoms with Crippen LogP contribution in [-0.4, -0.2) is 6.61 Å². The van der Waals surface area contributed by atoms with Crippen molar-refractivity contribution in [3.05, 3.63) is 58.6 Å². The van der Waals surface area contributed by atoms with E-state index in [4.69, 9.17) is 16.3 Å². The van der Waals surface area contributed by atoms with Gasteiger partial charge in [0.25, 0.3) is 0 Å². The quantitative estimate of drug-likeness (QED) is 0.551. The first-order chi connectivity index (χ1) is 11.2. The van der Waals surface area contributed by atoms with Crippen molar-refractivity contribution >= 4 is 17.3 Å². The number of halogens is 1. The third-order valence-corrected chi connectivity index (χ3v) is 4.27. The Morgan fingerprint density at radius 1 is 1.00 bits per heavy atom. The van der Waals surface area contributed by atoms with Gasteiger partial charge in [0, 0.05) is 17.3 Å². The minimum atomic E-state index is 0.774. The van der Waals surface area contributed by atoms with Gasteiger partial charge in [0.05, 0.1) is 6.61 Å². The van der Waals surface area contributed by atoms with E-state index < -0.39 is 0 Å². The van der Waals surface area contributed by atoms with Crippen molar-refractivity contribution < 1.29 is 4.74 Å². The lowest BCUT2D eigenvalue weighted by Crippen LogP contribution is -2.00. The average Bonchev–Trinajstić information content (AvgIpc) is 2.57. The van der Waals surface area contributed by atoms with Crippen molar-refractivity contribution in [3.8, 4) is 5.75 Å². The fourth-order valence-corrected chi connectivity index (χ4v) is 2.51. The second kappa shape index (κ2) is 9.46. The molecule has 0 heterocycles. The van der Waals surface area contributed by atoms with Crippen LogP contribution in [0.25, 0.3) is 0 Å². The van der Waals surface area contributed by atoms with E-state index in [1.807, 2.05) is 31.2 Å². The molecule has 124 valence electrons. The highest BCUT2D eigenvalue weighted by Crippen LogP contribution is 2.21. The summed E-state index contributed by atoms with van der Waals surface area (Å²) in [6, 6.07) is 14.3. The average molecular weight is 332 g/mol. The van der Waals surface area contributed by atoms with Crippen LogP contribution in [0.2, 0.25) is 5.02 Å². The first kappa shape index (κ1) is 17.7. The molecule has 0 aliphatic rings. The summed E-state index contributed by atoms with van der Waals surface area (Å²) < 4.78 is 5.76. The van der Waals surface area contributed by atoms with Crippen molar-refractivity contribution in [3.63, 3.8) is 0 Å². The molecule has 0 aromatic heterocycles. The molecular weight excluding hydrogens is 306 g/mol. The van der Waals surface area contributed by atoms with Crippen molar-refractivity contribution in [2.24, 2.45) is 0 Å². The Labute approximate surface area is 144 Å². The van der Waals surface area contributed by atoms with Gasteiger partial charge in [-0.25, -0.2) is 0 Å². The summed E-state index contributed by atoms with van der Waals surface area (Å²) in [5.74, 6) is 0.948. The maximum absolute atomic E-state index is 6.14. The first-order valence-electron chi connectivity index (χ1n) is 8.41. The van der Waals surface area contributed by atoms with Gasteiger partial charge in [-0.15, -0.1) is 0 Å². The van der Waals surface area contributed by atoms with Gasteiger partial charge in [-0.1, -0.05) is 56.0 Å². The lowest BCUT2D eigenvalue weighted by molar-refractivity contribution is 0.305. The van der Waals surface area contributed by atoms with E-state index in [2.05, 4.69) is 30.4 Å². The van der Waals surface area contributed by atoms with E-state index in [9.17, 15) is 0 Å². The standard InChI is InChI=1S/C20H26ClNO/c1-3-4-5-6-13-23-19-11-8-17(9-12-19)15-22-18-10-7-16(2)20(21)14-18/h7-12,14,22H,3-6,13,15H2,1-2H3. The summed E-state index contributed by atoms with van der Waals surface area (Å²) in [6.07, 6.45) is 4.92.